The number of anilines is 1. The summed E-state index contributed by atoms with van der Waals surface area (Å²) < 4.78 is 27.6. The van der Waals surface area contributed by atoms with Crippen LogP contribution in [0.1, 0.15) is 24.8 Å². The number of rotatable bonds is 6. The number of sulfonamides is 1. The molecule has 2 aromatic rings. The van der Waals surface area contributed by atoms with Gasteiger partial charge in [-0.1, -0.05) is 36.7 Å². The van der Waals surface area contributed by atoms with Crippen LogP contribution in [0.4, 0.5) is 5.69 Å². The van der Waals surface area contributed by atoms with E-state index >= 15 is 0 Å². The Balaban J connectivity index is 1.41. The number of amides is 1. The SMILES string of the molecule is CCN1CCN(S(=O)(=O)c2cccc(NC(=O)C3CC3c3ccc(Cl)cc3)c2)CC1. The van der Waals surface area contributed by atoms with Gasteiger partial charge in [0.25, 0.3) is 0 Å². The zero-order valence-corrected chi connectivity index (χ0v) is 18.5. The number of piperazine rings is 1. The van der Waals surface area contributed by atoms with Gasteiger partial charge < -0.3 is 10.2 Å². The molecule has 1 aliphatic carbocycles. The van der Waals surface area contributed by atoms with E-state index in [1.54, 1.807) is 24.3 Å². The van der Waals surface area contributed by atoms with Crippen LogP contribution < -0.4 is 5.32 Å². The van der Waals surface area contributed by atoms with Crippen LogP contribution >= 0.6 is 11.6 Å². The van der Waals surface area contributed by atoms with E-state index in [-0.39, 0.29) is 22.6 Å². The summed E-state index contributed by atoms with van der Waals surface area (Å²) in [6.45, 7) is 5.44. The molecule has 2 aromatic carbocycles. The maximum atomic E-state index is 13.0. The summed E-state index contributed by atoms with van der Waals surface area (Å²) in [6, 6.07) is 14.1. The average Bonchev–Trinajstić information content (AvgIpc) is 3.55. The number of likely N-dealkylation sites (N-methyl/N-ethyl adjacent to an activating group) is 1. The first-order valence-corrected chi connectivity index (χ1v) is 12.1. The summed E-state index contributed by atoms with van der Waals surface area (Å²) in [5, 5.41) is 3.57. The normalized spacial score (nSPS) is 22.6. The van der Waals surface area contributed by atoms with Gasteiger partial charge in [0.05, 0.1) is 4.90 Å². The van der Waals surface area contributed by atoms with E-state index in [4.69, 9.17) is 11.6 Å². The summed E-state index contributed by atoms with van der Waals surface area (Å²) in [7, 11) is -3.57. The van der Waals surface area contributed by atoms with Crippen LogP contribution in [0.25, 0.3) is 0 Å². The predicted molar refractivity (Wildman–Crippen MR) is 118 cm³/mol. The fourth-order valence-corrected chi connectivity index (χ4v) is 5.56. The standard InChI is InChI=1S/C22H26ClN3O3S/c1-2-25-10-12-26(13-11-25)30(28,29)19-5-3-4-18(14-19)24-22(27)21-15-20(21)16-6-8-17(23)9-7-16/h3-9,14,20-21H,2,10-13,15H2,1H3,(H,24,27). The smallest absolute Gasteiger partial charge is 0.243 e. The molecular weight excluding hydrogens is 422 g/mol. The first-order chi connectivity index (χ1) is 14.4. The van der Waals surface area contributed by atoms with Crippen molar-refractivity contribution in [1.29, 1.82) is 0 Å². The van der Waals surface area contributed by atoms with Crippen molar-refractivity contribution in [3.8, 4) is 0 Å². The maximum absolute atomic E-state index is 13.0. The van der Waals surface area contributed by atoms with Crippen LogP contribution in [-0.2, 0) is 14.8 Å². The molecule has 2 fully saturated rings. The van der Waals surface area contributed by atoms with Gasteiger partial charge >= 0.3 is 0 Å². The van der Waals surface area contributed by atoms with Gasteiger partial charge in [-0.05, 0) is 54.8 Å². The van der Waals surface area contributed by atoms with Crippen molar-refractivity contribution in [1.82, 2.24) is 9.21 Å². The quantitative estimate of drug-likeness (QED) is 0.736. The summed E-state index contributed by atoms with van der Waals surface area (Å²) in [5.74, 6) is -0.00124. The molecule has 0 aromatic heterocycles. The van der Waals surface area contributed by atoms with Gasteiger partial charge in [-0.3, -0.25) is 4.79 Å². The number of nitrogens with one attached hydrogen (secondary N) is 1. The number of halogens is 1. The third-order valence-corrected chi connectivity index (χ3v) is 8.09. The highest BCUT2D eigenvalue weighted by Crippen LogP contribution is 2.48. The molecule has 0 bridgehead atoms. The van der Waals surface area contributed by atoms with Crippen LogP contribution in [0.5, 0.6) is 0 Å². The highest BCUT2D eigenvalue weighted by atomic mass is 35.5. The minimum atomic E-state index is -3.57. The van der Waals surface area contributed by atoms with E-state index < -0.39 is 10.0 Å². The highest BCUT2D eigenvalue weighted by Gasteiger charge is 2.44. The molecule has 6 nitrogen and oxygen atoms in total. The summed E-state index contributed by atoms with van der Waals surface area (Å²) in [4.78, 5) is 15.1. The third-order valence-electron chi connectivity index (χ3n) is 5.94. The number of benzene rings is 2. The number of hydrogen-bond donors (Lipinski definition) is 1. The molecule has 2 unspecified atom stereocenters. The Morgan fingerprint density at radius 2 is 1.80 bits per heavy atom. The summed E-state index contributed by atoms with van der Waals surface area (Å²) in [6.07, 6.45) is 0.785. The van der Waals surface area contributed by atoms with Crippen LogP contribution in [0.2, 0.25) is 5.02 Å². The molecule has 1 saturated heterocycles. The van der Waals surface area contributed by atoms with Crippen LogP contribution in [-0.4, -0.2) is 56.3 Å². The lowest BCUT2D eigenvalue weighted by Crippen LogP contribution is -2.48. The van der Waals surface area contributed by atoms with E-state index in [0.29, 0.717) is 23.8 Å². The number of nitrogens with zero attached hydrogens (tertiary/aromatic N) is 2. The Bertz CT molecular complexity index is 1020. The average molecular weight is 448 g/mol. The van der Waals surface area contributed by atoms with Crippen LogP contribution in [0.3, 0.4) is 0 Å². The van der Waals surface area contributed by atoms with Crippen LogP contribution in [0, 0.1) is 5.92 Å². The minimum absolute atomic E-state index is 0.0824. The molecule has 160 valence electrons. The molecule has 1 heterocycles. The van der Waals surface area contributed by atoms with E-state index in [2.05, 4.69) is 17.1 Å². The van der Waals surface area contributed by atoms with Crippen molar-refractivity contribution < 1.29 is 13.2 Å². The van der Waals surface area contributed by atoms with Crippen molar-refractivity contribution in [3.63, 3.8) is 0 Å². The third kappa shape index (κ3) is 4.54. The summed E-state index contributed by atoms with van der Waals surface area (Å²) in [5.41, 5.74) is 1.61. The number of carbonyl (C=O) groups excluding carboxylic acids is 1. The molecule has 4 rings (SSSR count). The van der Waals surface area contributed by atoms with Crippen molar-refractivity contribution in [2.24, 2.45) is 5.92 Å². The largest absolute Gasteiger partial charge is 0.326 e. The van der Waals surface area contributed by atoms with Crippen LogP contribution in [0.15, 0.2) is 53.4 Å². The first kappa shape index (κ1) is 21.3. The zero-order valence-electron chi connectivity index (χ0n) is 16.9. The monoisotopic (exact) mass is 447 g/mol. The topological polar surface area (TPSA) is 69.7 Å². The Morgan fingerprint density at radius 1 is 1.10 bits per heavy atom. The first-order valence-electron chi connectivity index (χ1n) is 10.3. The Labute approximate surface area is 182 Å². The van der Waals surface area contributed by atoms with E-state index in [1.165, 1.54) is 4.31 Å². The van der Waals surface area contributed by atoms with Gasteiger partial charge in [-0.15, -0.1) is 0 Å². The molecule has 2 aliphatic rings. The minimum Gasteiger partial charge on any atom is -0.326 e. The van der Waals surface area contributed by atoms with E-state index in [0.717, 1.165) is 31.6 Å². The second-order valence-electron chi connectivity index (χ2n) is 7.86. The lowest BCUT2D eigenvalue weighted by Gasteiger charge is -2.33. The van der Waals surface area contributed by atoms with Crippen molar-refractivity contribution >= 4 is 33.2 Å². The van der Waals surface area contributed by atoms with Gasteiger partial charge in [0, 0.05) is 42.8 Å². The second-order valence-corrected chi connectivity index (χ2v) is 10.2. The molecule has 0 spiro atoms. The van der Waals surface area contributed by atoms with Crippen molar-refractivity contribution in [2.75, 3.05) is 38.0 Å². The Hall–Kier alpha value is -1.93. The van der Waals surface area contributed by atoms with Crippen molar-refractivity contribution in [2.45, 2.75) is 24.2 Å². The van der Waals surface area contributed by atoms with E-state index in [1.807, 2.05) is 24.3 Å². The Kier molecular flexibility index (Phi) is 6.16. The number of hydrogen-bond acceptors (Lipinski definition) is 4. The van der Waals surface area contributed by atoms with Gasteiger partial charge in [0.2, 0.25) is 15.9 Å². The maximum Gasteiger partial charge on any atom is 0.243 e. The number of carbonyl (C=O) groups is 1. The molecule has 8 heteroatoms. The zero-order chi connectivity index (χ0) is 21.3. The van der Waals surface area contributed by atoms with Gasteiger partial charge in [0.1, 0.15) is 0 Å². The molecule has 1 saturated carbocycles. The molecule has 30 heavy (non-hydrogen) atoms. The highest BCUT2D eigenvalue weighted by molar-refractivity contribution is 7.89. The fraction of sp³-hybridized carbons (Fsp3) is 0.409. The lowest BCUT2D eigenvalue weighted by atomic mass is 10.1. The fourth-order valence-electron chi connectivity index (χ4n) is 3.97. The van der Waals surface area contributed by atoms with Gasteiger partial charge in [-0.2, -0.15) is 4.31 Å². The summed E-state index contributed by atoms with van der Waals surface area (Å²) >= 11 is 5.93. The molecule has 1 N–H and O–H groups in total. The predicted octanol–water partition coefficient (Wildman–Crippen LogP) is 3.41. The molecule has 1 amide bonds. The molecule has 2 atom stereocenters. The van der Waals surface area contributed by atoms with Gasteiger partial charge in [-0.25, -0.2) is 8.42 Å². The van der Waals surface area contributed by atoms with Crippen molar-refractivity contribution in [3.05, 3.63) is 59.1 Å². The Morgan fingerprint density at radius 3 is 2.47 bits per heavy atom. The molecule has 1 aliphatic heterocycles. The lowest BCUT2D eigenvalue weighted by molar-refractivity contribution is -0.117. The molecular formula is C22H26ClN3O3S. The van der Waals surface area contributed by atoms with Gasteiger partial charge in [0.15, 0.2) is 0 Å². The second kappa shape index (κ2) is 8.67. The van der Waals surface area contributed by atoms with E-state index in [9.17, 15) is 13.2 Å². The molecule has 0 radical (unpaired) electrons.